The van der Waals surface area contributed by atoms with Crippen molar-refractivity contribution in [3.05, 3.63) is 65.3 Å². The number of halogens is 1. The van der Waals surface area contributed by atoms with Gasteiger partial charge in [-0.1, -0.05) is 29.8 Å². The molecule has 0 radical (unpaired) electrons. The topological polar surface area (TPSA) is 50.3 Å². The molecule has 128 valence electrons. The lowest BCUT2D eigenvalue weighted by molar-refractivity contribution is 0.417. The molecule has 0 saturated carbocycles. The molecule has 1 N–H and O–H groups in total. The summed E-state index contributed by atoms with van der Waals surface area (Å²) in [6, 6.07) is 17.3. The van der Waals surface area contributed by atoms with E-state index in [0.717, 1.165) is 17.2 Å². The number of nitrogens with zero attached hydrogens (tertiary/aromatic N) is 3. The van der Waals surface area contributed by atoms with Crippen molar-refractivity contribution in [2.45, 2.75) is 6.92 Å². The predicted octanol–water partition coefficient (Wildman–Crippen LogP) is 4.96. The standard InChI is InChI=1S/C19H19ClN4O/c1-13-11-18(24(2)15-7-5-4-6-8-15)23-19(21-13)22-16-12-14(20)9-10-17(16)25-3/h4-12H,1-3H3,(H,21,22,23). The van der Waals surface area contributed by atoms with Gasteiger partial charge in [-0.2, -0.15) is 4.98 Å². The lowest BCUT2D eigenvalue weighted by Gasteiger charge is -2.19. The summed E-state index contributed by atoms with van der Waals surface area (Å²) in [5.41, 5.74) is 2.62. The second kappa shape index (κ2) is 7.40. The van der Waals surface area contributed by atoms with E-state index in [4.69, 9.17) is 16.3 Å². The van der Waals surface area contributed by atoms with Gasteiger partial charge in [-0.3, -0.25) is 0 Å². The van der Waals surface area contributed by atoms with E-state index in [0.29, 0.717) is 22.4 Å². The zero-order valence-corrected chi connectivity index (χ0v) is 15.1. The van der Waals surface area contributed by atoms with Gasteiger partial charge in [-0.25, -0.2) is 4.98 Å². The average Bonchev–Trinajstić information content (AvgIpc) is 2.61. The number of nitrogens with one attached hydrogen (secondary N) is 1. The van der Waals surface area contributed by atoms with Gasteiger partial charge >= 0.3 is 0 Å². The van der Waals surface area contributed by atoms with Crippen LogP contribution in [0.4, 0.5) is 23.1 Å². The molecule has 0 aliphatic rings. The Hall–Kier alpha value is -2.79. The summed E-state index contributed by atoms with van der Waals surface area (Å²) in [5, 5.41) is 3.80. The molecule has 0 spiro atoms. The highest BCUT2D eigenvalue weighted by Crippen LogP contribution is 2.30. The number of para-hydroxylation sites is 1. The SMILES string of the molecule is COc1ccc(Cl)cc1Nc1nc(C)cc(N(C)c2ccccc2)n1. The van der Waals surface area contributed by atoms with Gasteiger partial charge in [0.1, 0.15) is 11.6 Å². The Morgan fingerprint density at radius 3 is 2.52 bits per heavy atom. The average molecular weight is 355 g/mol. The van der Waals surface area contributed by atoms with E-state index in [-0.39, 0.29) is 0 Å². The molecule has 0 saturated heterocycles. The molecular formula is C19H19ClN4O. The van der Waals surface area contributed by atoms with E-state index in [1.807, 2.05) is 55.3 Å². The molecule has 25 heavy (non-hydrogen) atoms. The van der Waals surface area contributed by atoms with Gasteiger partial charge < -0.3 is 15.0 Å². The lowest BCUT2D eigenvalue weighted by Crippen LogP contribution is -2.13. The number of hydrogen-bond donors (Lipinski definition) is 1. The Morgan fingerprint density at radius 2 is 1.80 bits per heavy atom. The van der Waals surface area contributed by atoms with Gasteiger partial charge in [0, 0.05) is 29.5 Å². The first-order chi connectivity index (χ1) is 12.1. The third-order valence-electron chi connectivity index (χ3n) is 3.74. The van der Waals surface area contributed by atoms with Gasteiger partial charge in [-0.05, 0) is 37.3 Å². The van der Waals surface area contributed by atoms with E-state index < -0.39 is 0 Å². The highest BCUT2D eigenvalue weighted by atomic mass is 35.5. The number of aromatic nitrogens is 2. The molecule has 3 aromatic rings. The number of hydrogen-bond acceptors (Lipinski definition) is 5. The maximum absolute atomic E-state index is 6.09. The third-order valence-corrected chi connectivity index (χ3v) is 3.97. The molecule has 1 heterocycles. The summed E-state index contributed by atoms with van der Waals surface area (Å²) < 4.78 is 5.36. The molecule has 0 fully saturated rings. The smallest absolute Gasteiger partial charge is 0.229 e. The van der Waals surface area contributed by atoms with Crippen LogP contribution < -0.4 is 15.0 Å². The molecule has 0 unspecified atom stereocenters. The van der Waals surface area contributed by atoms with Gasteiger partial charge in [-0.15, -0.1) is 0 Å². The maximum atomic E-state index is 6.09. The number of methoxy groups -OCH3 is 1. The molecule has 3 rings (SSSR count). The van der Waals surface area contributed by atoms with Gasteiger partial charge in [0.15, 0.2) is 0 Å². The number of rotatable bonds is 5. The number of ether oxygens (including phenoxy) is 1. The summed E-state index contributed by atoms with van der Waals surface area (Å²) in [5.74, 6) is 1.95. The highest BCUT2D eigenvalue weighted by Gasteiger charge is 2.11. The normalized spacial score (nSPS) is 10.4. The van der Waals surface area contributed by atoms with Crippen molar-refractivity contribution < 1.29 is 4.74 Å². The molecule has 1 aromatic heterocycles. The van der Waals surface area contributed by atoms with Crippen molar-refractivity contribution in [1.29, 1.82) is 0 Å². The number of aryl methyl sites for hydroxylation is 1. The second-order valence-electron chi connectivity index (χ2n) is 5.56. The summed E-state index contributed by atoms with van der Waals surface area (Å²) >= 11 is 6.09. The quantitative estimate of drug-likeness (QED) is 0.701. The lowest BCUT2D eigenvalue weighted by atomic mass is 10.3. The van der Waals surface area contributed by atoms with Crippen LogP contribution in [0.2, 0.25) is 5.02 Å². The van der Waals surface area contributed by atoms with Crippen molar-refractivity contribution in [2.75, 3.05) is 24.4 Å². The van der Waals surface area contributed by atoms with Crippen molar-refractivity contribution >= 4 is 34.7 Å². The van der Waals surface area contributed by atoms with Crippen molar-refractivity contribution in [3.63, 3.8) is 0 Å². The second-order valence-corrected chi connectivity index (χ2v) is 5.99. The van der Waals surface area contributed by atoms with Crippen molar-refractivity contribution in [1.82, 2.24) is 9.97 Å². The van der Waals surface area contributed by atoms with Crippen molar-refractivity contribution in [3.8, 4) is 5.75 Å². The molecule has 5 nitrogen and oxygen atoms in total. The van der Waals surface area contributed by atoms with Crippen LogP contribution in [-0.4, -0.2) is 24.1 Å². The minimum absolute atomic E-state index is 0.485. The van der Waals surface area contributed by atoms with Crippen molar-refractivity contribution in [2.24, 2.45) is 0 Å². The minimum Gasteiger partial charge on any atom is -0.495 e. The fourth-order valence-electron chi connectivity index (χ4n) is 2.46. The van der Waals surface area contributed by atoms with Gasteiger partial charge in [0.05, 0.1) is 12.8 Å². The molecule has 6 heteroatoms. The first-order valence-corrected chi connectivity index (χ1v) is 8.19. The molecular weight excluding hydrogens is 336 g/mol. The Balaban J connectivity index is 1.94. The monoisotopic (exact) mass is 354 g/mol. The van der Waals surface area contributed by atoms with E-state index in [2.05, 4.69) is 15.3 Å². The fraction of sp³-hybridized carbons (Fsp3) is 0.158. The third kappa shape index (κ3) is 4.00. The zero-order valence-electron chi connectivity index (χ0n) is 14.3. The Labute approximate surface area is 152 Å². The molecule has 0 aliphatic heterocycles. The van der Waals surface area contributed by atoms with E-state index in [1.54, 1.807) is 25.3 Å². The van der Waals surface area contributed by atoms with Crippen LogP contribution >= 0.6 is 11.6 Å². The summed E-state index contributed by atoms with van der Waals surface area (Å²) in [4.78, 5) is 11.1. The first-order valence-electron chi connectivity index (χ1n) is 7.82. The number of anilines is 4. The summed E-state index contributed by atoms with van der Waals surface area (Å²) in [6.45, 7) is 1.93. The molecule has 0 amide bonds. The molecule has 0 atom stereocenters. The Kier molecular flexibility index (Phi) is 5.05. The van der Waals surface area contributed by atoms with E-state index in [1.165, 1.54) is 0 Å². The zero-order chi connectivity index (χ0) is 17.8. The summed E-state index contributed by atoms with van der Waals surface area (Å²) in [6.07, 6.45) is 0. The summed E-state index contributed by atoms with van der Waals surface area (Å²) in [7, 11) is 3.58. The first kappa shape index (κ1) is 17.0. The Bertz CT molecular complexity index is 871. The van der Waals surface area contributed by atoms with E-state index >= 15 is 0 Å². The molecule has 2 aromatic carbocycles. The number of benzene rings is 2. The fourth-order valence-corrected chi connectivity index (χ4v) is 2.63. The van der Waals surface area contributed by atoms with Crippen LogP contribution in [0.5, 0.6) is 5.75 Å². The van der Waals surface area contributed by atoms with Crippen LogP contribution in [0, 0.1) is 6.92 Å². The van der Waals surface area contributed by atoms with E-state index in [9.17, 15) is 0 Å². The molecule has 0 aliphatic carbocycles. The van der Waals surface area contributed by atoms with Gasteiger partial charge in [0.25, 0.3) is 0 Å². The highest BCUT2D eigenvalue weighted by molar-refractivity contribution is 6.31. The van der Waals surface area contributed by atoms with Crippen LogP contribution in [0.15, 0.2) is 54.6 Å². The van der Waals surface area contributed by atoms with Crippen LogP contribution in [0.3, 0.4) is 0 Å². The minimum atomic E-state index is 0.485. The van der Waals surface area contributed by atoms with Crippen LogP contribution in [0.1, 0.15) is 5.69 Å². The van der Waals surface area contributed by atoms with Crippen LogP contribution in [0.25, 0.3) is 0 Å². The van der Waals surface area contributed by atoms with Crippen LogP contribution in [-0.2, 0) is 0 Å². The maximum Gasteiger partial charge on any atom is 0.229 e. The largest absolute Gasteiger partial charge is 0.495 e. The predicted molar refractivity (Wildman–Crippen MR) is 103 cm³/mol. The van der Waals surface area contributed by atoms with Gasteiger partial charge in [0.2, 0.25) is 5.95 Å². The Morgan fingerprint density at radius 1 is 1.04 bits per heavy atom. The molecule has 0 bridgehead atoms.